The molecule has 0 saturated heterocycles. The summed E-state index contributed by atoms with van der Waals surface area (Å²) in [5.41, 5.74) is 1.18. The maximum atomic E-state index is 4.27. The summed E-state index contributed by atoms with van der Waals surface area (Å²) in [7, 11) is 4.02. The summed E-state index contributed by atoms with van der Waals surface area (Å²) in [6, 6.07) is 12.9. The SMILES string of the molecule is CCC(N=C=NCc1ccccc1)N(C)C. The molecule has 3 heteroatoms. The highest BCUT2D eigenvalue weighted by Crippen LogP contribution is 2.00. The van der Waals surface area contributed by atoms with Crippen LogP contribution in [-0.2, 0) is 6.54 Å². The lowest BCUT2D eigenvalue weighted by Crippen LogP contribution is -2.24. The molecule has 0 amide bonds. The summed E-state index contributed by atoms with van der Waals surface area (Å²) in [5, 5.41) is 0. The molecule has 0 aliphatic rings. The van der Waals surface area contributed by atoms with Gasteiger partial charge in [-0.25, -0.2) is 9.98 Å². The predicted molar refractivity (Wildman–Crippen MR) is 67.8 cm³/mol. The molecule has 86 valence electrons. The van der Waals surface area contributed by atoms with Crippen LogP contribution in [0.2, 0.25) is 0 Å². The molecule has 0 saturated carbocycles. The van der Waals surface area contributed by atoms with Gasteiger partial charge in [0, 0.05) is 0 Å². The van der Waals surface area contributed by atoms with Gasteiger partial charge in [0.2, 0.25) is 0 Å². The zero-order valence-corrected chi connectivity index (χ0v) is 10.2. The summed E-state index contributed by atoms with van der Waals surface area (Å²) in [6.07, 6.45) is 1.15. The molecule has 3 nitrogen and oxygen atoms in total. The number of aliphatic imine (C=N–C) groups is 2. The van der Waals surface area contributed by atoms with Crippen molar-refractivity contribution in [3.8, 4) is 0 Å². The van der Waals surface area contributed by atoms with E-state index in [0.717, 1.165) is 6.42 Å². The van der Waals surface area contributed by atoms with Gasteiger partial charge >= 0.3 is 0 Å². The van der Waals surface area contributed by atoms with E-state index < -0.39 is 0 Å². The van der Waals surface area contributed by atoms with Crippen LogP contribution in [0.4, 0.5) is 0 Å². The van der Waals surface area contributed by atoms with Crippen molar-refractivity contribution in [2.24, 2.45) is 9.98 Å². The molecular weight excluding hydrogens is 198 g/mol. The van der Waals surface area contributed by atoms with Gasteiger partial charge in [-0.2, -0.15) is 0 Å². The van der Waals surface area contributed by atoms with E-state index in [2.05, 4.69) is 39.9 Å². The topological polar surface area (TPSA) is 28.0 Å². The molecule has 0 radical (unpaired) electrons. The molecular formula is C13H19N3. The van der Waals surface area contributed by atoms with Crippen molar-refractivity contribution < 1.29 is 0 Å². The Morgan fingerprint density at radius 2 is 1.94 bits per heavy atom. The second-order valence-corrected chi connectivity index (χ2v) is 3.88. The van der Waals surface area contributed by atoms with E-state index in [1.807, 2.05) is 32.3 Å². The summed E-state index contributed by atoms with van der Waals surface area (Å²) >= 11 is 0. The van der Waals surface area contributed by atoms with Crippen molar-refractivity contribution in [1.29, 1.82) is 0 Å². The second-order valence-electron chi connectivity index (χ2n) is 3.88. The van der Waals surface area contributed by atoms with Crippen molar-refractivity contribution in [3.05, 3.63) is 35.9 Å². The Morgan fingerprint density at radius 3 is 2.50 bits per heavy atom. The molecule has 0 heterocycles. The van der Waals surface area contributed by atoms with Crippen molar-refractivity contribution in [1.82, 2.24) is 4.90 Å². The molecule has 0 fully saturated rings. The normalized spacial score (nSPS) is 12.0. The highest BCUT2D eigenvalue weighted by Gasteiger charge is 2.03. The average molecular weight is 217 g/mol. The van der Waals surface area contributed by atoms with Crippen molar-refractivity contribution >= 4 is 6.01 Å². The number of hydrogen-bond acceptors (Lipinski definition) is 3. The van der Waals surface area contributed by atoms with Crippen LogP contribution in [0.3, 0.4) is 0 Å². The first-order valence-corrected chi connectivity index (χ1v) is 5.55. The van der Waals surface area contributed by atoms with Crippen molar-refractivity contribution in [3.63, 3.8) is 0 Å². The Morgan fingerprint density at radius 1 is 1.25 bits per heavy atom. The molecule has 0 bridgehead atoms. The van der Waals surface area contributed by atoms with E-state index in [4.69, 9.17) is 0 Å². The molecule has 0 spiro atoms. The minimum Gasteiger partial charge on any atom is -0.287 e. The van der Waals surface area contributed by atoms with Crippen LogP contribution in [0.5, 0.6) is 0 Å². The fourth-order valence-electron chi connectivity index (χ4n) is 1.39. The molecule has 1 aromatic carbocycles. The Kier molecular flexibility index (Phi) is 5.48. The van der Waals surface area contributed by atoms with Gasteiger partial charge in [0.15, 0.2) is 0 Å². The van der Waals surface area contributed by atoms with Gasteiger partial charge in [0.05, 0.1) is 12.6 Å². The molecule has 16 heavy (non-hydrogen) atoms. The largest absolute Gasteiger partial charge is 0.287 e. The lowest BCUT2D eigenvalue weighted by Gasteiger charge is -2.15. The summed E-state index contributed by atoms with van der Waals surface area (Å²) in [4.78, 5) is 10.5. The van der Waals surface area contributed by atoms with Gasteiger partial charge in [-0.1, -0.05) is 37.3 Å². The Bertz CT molecular complexity index is 351. The minimum atomic E-state index is 0.180. The van der Waals surface area contributed by atoms with Crippen LogP contribution < -0.4 is 0 Å². The fourth-order valence-corrected chi connectivity index (χ4v) is 1.39. The van der Waals surface area contributed by atoms with Crippen LogP contribution in [-0.4, -0.2) is 31.2 Å². The number of hydrogen-bond donors (Lipinski definition) is 0. The van der Waals surface area contributed by atoms with E-state index in [1.54, 1.807) is 0 Å². The Labute approximate surface area is 97.5 Å². The van der Waals surface area contributed by atoms with Crippen molar-refractivity contribution in [2.45, 2.75) is 26.1 Å². The lowest BCUT2D eigenvalue weighted by molar-refractivity contribution is 0.296. The highest BCUT2D eigenvalue weighted by molar-refractivity contribution is 5.41. The monoisotopic (exact) mass is 217 g/mol. The molecule has 1 aromatic rings. The first kappa shape index (κ1) is 12.6. The number of nitrogens with zero attached hydrogens (tertiary/aromatic N) is 3. The van der Waals surface area contributed by atoms with Crippen LogP contribution in [0.25, 0.3) is 0 Å². The first-order valence-electron chi connectivity index (χ1n) is 5.55. The summed E-state index contributed by atoms with van der Waals surface area (Å²) < 4.78 is 0. The third-order valence-electron chi connectivity index (χ3n) is 2.34. The molecule has 0 aliphatic heterocycles. The number of benzene rings is 1. The van der Waals surface area contributed by atoms with Crippen LogP contribution in [0.15, 0.2) is 40.3 Å². The van der Waals surface area contributed by atoms with Crippen LogP contribution in [0.1, 0.15) is 18.9 Å². The predicted octanol–water partition coefficient (Wildman–Crippen LogP) is 2.66. The van der Waals surface area contributed by atoms with E-state index in [-0.39, 0.29) is 6.17 Å². The molecule has 1 rings (SSSR count). The zero-order chi connectivity index (χ0) is 11.8. The van der Waals surface area contributed by atoms with Gasteiger partial charge < -0.3 is 0 Å². The Hall–Kier alpha value is -1.44. The fraction of sp³-hybridized carbons (Fsp3) is 0.462. The maximum Gasteiger partial charge on any atom is 0.112 e. The van der Waals surface area contributed by atoms with Gasteiger partial charge in [-0.15, -0.1) is 0 Å². The lowest BCUT2D eigenvalue weighted by atomic mass is 10.2. The van der Waals surface area contributed by atoms with E-state index >= 15 is 0 Å². The highest BCUT2D eigenvalue weighted by atomic mass is 15.2. The standard InChI is InChI=1S/C13H19N3/c1-4-13(16(2)3)15-11-14-10-12-8-6-5-7-9-12/h5-9,13H,4,10H2,1-3H3. The van der Waals surface area contributed by atoms with E-state index in [0.29, 0.717) is 6.54 Å². The summed E-state index contributed by atoms with van der Waals surface area (Å²) in [5.74, 6) is 0. The van der Waals surface area contributed by atoms with Gasteiger partial charge in [0.25, 0.3) is 0 Å². The number of rotatable bonds is 5. The third-order valence-corrected chi connectivity index (χ3v) is 2.34. The van der Waals surface area contributed by atoms with E-state index in [9.17, 15) is 0 Å². The molecule has 1 unspecified atom stereocenters. The van der Waals surface area contributed by atoms with Gasteiger partial charge in [-0.3, -0.25) is 4.90 Å². The van der Waals surface area contributed by atoms with Crippen LogP contribution in [0, 0.1) is 0 Å². The quantitative estimate of drug-likeness (QED) is 0.697. The van der Waals surface area contributed by atoms with Gasteiger partial charge in [-0.05, 0) is 26.1 Å². The third kappa shape index (κ3) is 4.39. The van der Waals surface area contributed by atoms with E-state index in [1.165, 1.54) is 5.56 Å². The molecule has 0 aliphatic carbocycles. The van der Waals surface area contributed by atoms with Crippen LogP contribution >= 0.6 is 0 Å². The Balaban J connectivity index is 2.51. The van der Waals surface area contributed by atoms with Gasteiger partial charge in [0.1, 0.15) is 6.17 Å². The average Bonchev–Trinajstić information content (AvgIpc) is 2.30. The first-order chi connectivity index (χ1) is 7.74. The molecule has 0 aromatic heterocycles. The molecule has 0 N–H and O–H groups in total. The second kappa shape index (κ2) is 6.94. The summed E-state index contributed by atoms with van der Waals surface area (Å²) in [6.45, 7) is 2.75. The minimum absolute atomic E-state index is 0.180. The van der Waals surface area contributed by atoms with Crippen molar-refractivity contribution in [2.75, 3.05) is 14.1 Å². The molecule has 1 atom stereocenters. The smallest absolute Gasteiger partial charge is 0.112 e. The zero-order valence-electron chi connectivity index (χ0n) is 10.2. The maximum absolute atomic E-state index is 4.27.